The van der Waals surface area contributed by atoms with Gasteiger partial charge in [0.2, 0.25) is 11.8 Å². The van der Waals surface area contributed by atoms with Crippen LogP contribution in [0.1, 0.15) is 18.5 Å². The summed E-state index contributed by atoms with van der Waals surface area (Å²) >= 11 is 0. The van der Waals surface area contributed by atoms with Gasteiger partial charge >= 0.3 is 0 Å². The molecule has 0 radical (unpaired) electrons. The third-order valence-corrected chi connectivity index (χ3v) is 5.32. The standard InChI is InChI=1S/C22H32N4O5/c27-16-20-19(25-22(29)14-17-4-1-2-7-23-17)6-5-18(31-20)15-21(28)24-8-3-9-26-10-12-30-13-11-26/h1-2,4-7,18-20,27H,3,8-16H2,(H,24,28)(H,25,29)/t18-,19-,20-/m1/s1. The van der Waals surface area contributed by atoms with E-state index >= 15 is 0 Å². The lowest BCUT2D eigenvalue weighted by Crippen LogP contribution is -2.49. The Hall–Kier alpha value is -2.33. The van der Waals surface area contributed by atoms with Gasteiger partial charge in [-0.15, -0.1) is 0 Å². The third-order valence-electron chi connectivity index (χ3n) is 5.32. The van der Waals surface area contributed by atoms with Crippen LogP contribution in [-0.4, -0.2) is 91.1 Å². The summed E-state index contributed by atoms with van der Waals surface area (Å²) in [6.45, 7) is 4.73. The number of pyridine rings is 1. The Morgan fingerprint density at radius 1 is 1.19 bits per heavy atom. The number of nitrogens with one attached hydrogen (secondary N) is 2. The number of hydrogen-bond donors (Lipinski definition) is 3. The van der Waals surface area contributed by atoms with Gasteiger partial charge in [-0.05, 0) is 25.1 Å². The average Bonchev–Trinajstić information content (AvgIpc) is 2.79. The van der Waals surface area contributed by atoms with Crippen LogP contribution in [0.25, 0.3) is 0 Å². The van der Waals surface area contributed by atoms with Gasteiger partial charge in [0.25, 0.3) is 0 Å². The number of aromatic nitrogens is 1. The Labute approximate surface area is 182 Å². The van der Waals surface area contributed by atoms with Crippen molar-refractivity contribution in [1.29, 1.82) is 0 Å². The number of ether oxygens (including phenoxy) is 2. The largest absolute Gasteiger partial charge is 0.394 e. The quantitative estimate of drug-likeness (QED) is 0.342. The molecule has 1 aromatic rings. The van der Waals surface area contributed by atoms with Crippen LogP contribution in [0.5, 0.6) is 0 Å². The second-order valence-corrected chi connectivity index (χ2v) is 7.73. The van der Waals surface area contributed by atoms with Crippen molar-refractivity contribution in [1.82, 2.24) is 20.5 Å². The fourth-order valence-corrected chi connectivity index (χ4v) is 3.65. The number of amides is 2. The Bertz CT molecular complexity index is 724. The zero-order chi connectivity index (χ0) is 21.9. The predicted molar refractivity (Wildman–Crippen MR) is 114 cm³/mol. The van der Waals surface area contributed by atoms with Crippen LogP contribution in [0.3, 0.4) is 0 Å². The van der Waals surface area contributed by atoms with Crippen LogP contribution in [0.15, 0.2) is 36.5 Å². The van der Waals surface area contributed by atoms with Crippen molar-refractivity contribution in [2.75, 3.05) is 46.0 Å². The molecule has 3 atom stereocenters. The summed E-state index contributed by atoms with van der Waals surface area (Å²) < 4.78 is 11.1. The Balaban J connectivity index is 1.37. The highest BCUT2D eigenvalue weighted by molar-refractivity contribution is 5.79. The molecule has 9 nitrogen and oxygen atoms in total. The second-order valence-electron chi connectivity index (χ2n) is 7.73. The van der Waals surface area contributed by atoms with E-state index in [4.69, 9.17) is 9.47 Å². The number of aliphatic hydroxyl groups is 1. The van der Waals surface area contributed by atoms with E-state index in [1.54, 1.807) is 30.5 Å². The summed E-state index contributed by atoms with van der Waals surface area (Å²) in [6, 6.07) is 4.95. The van der Waals surface area contributed by atoms with Crippen molar-refractivity contribution >= 4 is 11.8 Å². The minimum absolute atomic E-state index is 0.0917. The maximum Gasteiger partial charge on any atom is 0.226 e. The maximum absolute atomic E-state index is 12.3. The van der Waals surface area contributed by atoms with Gasteiger partial charge in [-0.1, -0.05) is 18.2 Å². The molecule has 3 heterocycles. The summed E-state index contributed by atoms with van der Waals surface area (Å²) in [6.07, 6.45) is 5.39. The summed E-state index contributed by atoms with van der Waals surface area (Å²) in [5.74, 6) is -0.294. The number of morpholine rings is 1. The van der Waals surface area contributed by atoms with Gasteiger partial charge in [0.05, 0.1) is 44.8 Å². The lowest BCUT2D eigenvalue weighted by atomic mass is 10.0. The minimum atomic E-state index is -0.600. The molecule has 1 saturated heterocycles. The van der Waals surface area contributed by atoms with E-state index in [1.807, 2.05) is 6.07 Å². The highest BCUT2D eigenvalue weighted by Crippen LogP contribution is 2.16. The van der Waals surface area contributed by atoms with E-state index in [0.29, 0.717) is 12.2 Å². The molecule has 0 bridgehead atoms. The highest BCUT2D eigenvalue weighted by atomic mass is 16.5. The summed E-state index contributed by atoms with van der Waals surface area (Å²) in [5.41, 5.74) is 0.671. The van der Waals surface area contributed by atoms with Gasteiger partial charge in [0.15, 0.2) is 0 Å². The van der Waals surface area contributed by atoms with Crippen molar-refractivity contribution in [2.24, 2.45) is 0 Å². The predicted octanol–water partition coefficient (Wildman–Crippen LogP) is -0.347. The number of carbonyl (C=O) groups excluding carboxylic acids is 2. The van der Waals surface area contributed by atoms with Crippen LogP contribution in [-0.2, 0) is 25.5 Å². The van der Waals surface area contributed by atoms with Gasteiger partial charge in [-0.3, -0.25) is 19.5 Å². The van der Waals surface area contributed by atoms with Crippen molar-refractivity contribution < 1.29 is 24.2 Å². The molecule has 0 aromatic carbocycles. The van der Waals surface area contributed by atoms with Crippen molar-refractivity contribution in [3.63, 3.8) is 0 Å². The van der Waals surface area contributed by atoms with E-state index in [-0.39, 0.29) is 31.3 Å². The number of rotatable bonds is 10. The van der Waals surface area contributed by atoms with Gasteiger partial charge in [-0.25, -0.2) is 0 Å². The number of carbonyl (C=O) groups is 2. The molecule has 9 heteroatoms. The number of aliphatic hydroxyl groups excluding tert-OH is 1. The van der Waals surface area contributed by atoms with Crippen molar-refractivity contribution in [3.05, 3.63) is 42.2 Å². The summed E-state index contributed by atoms with van der Waals surface area (Å²) in [4.78, 5) is 31.0. The lowest BCUT2D eigenvalue weighted by molar-refractivity contribution is -0.128. The van der Waals surface area contributed by atoms with Crippen LogP contribution >= 0.6 is 0 Å². The molecular weight excluding hydrogens is 400 g/mol. The normalized spacial score (nSPS) is 24.0. The zero-order valence-electron chi connectivity index (χ0n) is 17.7. The fourth-order valence-electron chi connectivity index (χ4n) is 3.65. The molecule has 0 aliphatic carbocycles. The zero-order valence-corrected chi connectivity index (χ0v) is 17.7. The molecule has 2 amide bonds. The smallest absolute Gasteiger partial charge is 0.226 e. The molecule has 3 rings (SSSR count). The van der Waals surface area contributed by atoms with E-state index in [2.05, 4.69) is 20.5 Å². The van der Waals surface area contributed by atoms with Crippen molar-refractivity contribution in [3.8, 4) is 0 Å². The highest BCUT2D eigenvalue weighted by Gasteiger charge is 2.29. The minimum Gasteiger partial charge on any atom is -0.394 e. The molecule has 0 saturated carbocycles. The van der Waals surface area contributed by atoms with Crippen LogP contribution in [0.2, 0.25) is 0 Å². The Kier molecular flexibility index (Phi) is 9.41. The first-order chi connectivity index (χ1) is 15.1. The van der Waals surface area contributed by atoms with E-state index in [9.17, 15) is 14.7 Å². The molecular formula is C22H32N4O5. The molecule has 3 N–H and O–H groups in total. The first kappa shape index (κ1) is 23.3. The molecule has 0 unspecified atom stereocenters. The lowest BCUT2D eigenvalue weighted by Gasteiger charge is -2.31. The molecule has 1 aromatic heterocycles. The van der Waals surface area contributed by atoms with Gasteiger partial charge in [0, 0.05) is 31.5 Å². The van der Waals surface area contributed by atoms with Crippen LogP contribution in [0, 0.1) is 0 Å². The molecule has 2 aliphatic rings. The Morgan fingerprint density at radius 3 is 2.77 bits per heavy atom. The first-order valence-electron chi connectivity index (χ1n) is 10.8. The Morgan fingerprint density at radius 2 is 2.03 bits per heavy atom. The summed E-state index contributed by atoms with van der Waals surface area (Å²) in [7, 11) is 0. The molecule has 0 spiro atoms. The molecule has 170 valence electrons. The topological polar surface area (TPSA) is 113 Å². The fraction of sp³-hybridized carbons (Fsp3) is 0.591. The summed E-state index contributed by atoms with van der Waals surface area (Å²) in [5, 5.41) is 15.5. The van der Waals surface area contributed by atoms with E-state index in [0.717, 1.165) is 39.3 Å². The van der Waals surface area contributed by atoms with Gasteiger partial charge < -0.3 is 25.2 Å². The monoisotopic (exact) mass is 432 g/mol. The van der Waals surface area contributed by atoms with Crippen LogP contribution in [0.4, 0.5) is 0 Å². The SMILES string of the molecule is O=C(C[C@H]1C=C[C@@H](NC(=O)Cc2ccccn2)[C@@H](CO)O1)NCCCN1CCOCC1. The van der Waals surface area contributed by atoms with E-state index in [1.165, 1.54) is 0 Å². The maximum atomic E-state index is 12.3. The molecule has 2 aliphatic heterocycles. The first-order valence-corrected chi connectivity index (χ1v) is 10.8. The number of hydrogen-bond acceptors (Lipinski definition) is 7. The van der Waals surface area contributed by atoms with Gasteiger partial charge in [0.1, 0.15) is 6.10 Å². The average molecular weight is 433 g/mol. The molecule has 31 heavy (non-hydrogen) atoms. The van der Waals surface area contributed by atoms with E-state index < -0.39 is 18.2 Å². The third kappa shape index (κ3) is 8.02. The second kappa shape index (κ2) is 12.5. The van der Waals surface area contributed by atoms with Crippen molar-refractivity contribution in [2.45, 2.75) is 37.5 Å². The number of nitrogens with zero attached hydrogens (tertiary/aromatic N) is 2. The molecule has 1 fully saturated rings. The van der Waals surface area contributed by atoms with Gasteiger partial charge in [-0.2, -0.15) is 0 Å². The van der Waals surface area contributed by atoms with Crippen LogP contribution < -0.4 is 10.6 Å².